The first kappa shape index (κ1) is 14.7. The van der Waals surface area contributed by atoms with Gasteiger partial charge in [0.2, 0.25) is 0 Å². The molecule has 6 heteroatoms. The van der Waals surface area contributed by atoms with Crippen LogP contribution in [0.4, 0.5) is 11.5 Å². The monoisotopic (exact) mass is 278 g/mol. The quantitative estimate of drug-likeness (QED) is 0.638. The Bertz CT molecular complexity index is 447. The fraction of sp³-hybridized carbons (Fsp3) is 0.643. The van der Waals surface area contributed by atoms with Crippen LogP contribution < -0.4 is 10.2 Å². The molecule has 1 aromatic rings. The van der Waals surface area contributed by atoms with E-state index in [2.05, 4.69) is 22.1 Å². The topological polar surface area (TPSA) is 71.3 Å². The molecule has 0 aliphatic carbocycles. The number of piperidine rings is 1. The molecule has 1 aromatic heterocycles. The normalized spacial score (nSPS) is 16.1. The zero-order valence-electron chi connectivity index (χ0n) is 11.9. The minimum Gasteiger partial charge on any atom is -0.364 e. The fourth-order valence-electron chi connectivity index (χ4n) is 2.73. The van der Waals surface area contributed by atoms with Gasteiger partial charge in [-0.15, -0.1) is 0 Å². The number of nitrogens with zero attached hydrogens (tertiary/aromatic N) is 3. The van der Waals surface area contributed by atoms with Gasteiger partial charge in [0.1, 0.15) is 11.9 Å². The van der Waals surface area contributed by atoms with Crippen molar-refractivity contribution in [2.24, 2.45) is 5.92 Å². The fourth-order valence-corrected chi connectivity index (χ4v) is 2.73. The van der Waals surface area contributed by atoms with Crippen molar-refractivity contribution in [2.45, 2.75) is 26.2 Å². The van der Waals surface area contributed by atoms with E-state index < -0.39 is 0 Å². The predicted molar refractivity (Wildman–Crippen MR) is 79.0 cm³/mol. The molecule has 0 radical (unpaired) electrons. The molecule has 2 heterocycles. The maximum atomic E-state index is 11.1. The highest BCUT2D eigenvalue weighted by Crippen LogP contribution is 2.27. The summed E-state index contributed by atoms with van der Waals surface area (Å²) in [5, 5.41) is 14.5. The number of anilines is 1. The van der Waals surface area contributed by atoms with Crippen LogP contribution in [0, 0.1) is 16.0 Å². The maximum Gasteiger partial charge on any atom is 0.387 e. The Balaban J connectivity index is 2.16. The lowest BCUT2D eigenvalue weighted by Crippen LogP contribution is -2.37. The van der Waals surface area contributed by atoms with E-state index in [1.807, 2.05) is 6.07 Å². The summed E-state index contributed by atoms with van der Waals surface area (Å²) in [5.41, 5.74) is 0.651. The third kappa shape index (κ3) is 3.66. The van der Waals surface area contributed by atoms with Crippen molar-refractivity contribution in [3.63, 3.8) is 0 Å². The molecule has 0 spiro atoms. The molecule has 6 nitrogen and oxygen atoms in total. The molecule has 20 heavy (non-hydrogen) atoms. The zero-order valence-corrected chi connectivity index (χ0v) is 11.9. The largest absolute Gasteiger partial charge is 0.387 e. The molecule has 1 aliphatic rings. The summed E-state index contributed by atoms with van der Waals surface area (Å²) in [6, 6.07) is 3.58. The first-order valence-corrected chi connectivity index (χ1v) is 7.27. The number of rotatable bonds is 6. The SMILES string of the molecule is CCCN(CC1CCNCC1)c1cccnc1[N+](=O)[O-]. The van der Waals surface area contributed by atoms with Crippen LogP contribution in [0.1, 0.15) is 26.2 Å². The molecular formula is C14H22N4O2. The van der Waals surface area contributed by atoms with Crippen molar-refractivity contribution in [3.8, 4) is 0 Å². The molecule has 1 N–H and O–H groups in total. The van der Waals surface area contributed by atoms with E-state index in [9.17, 15) is 10.1 Å². The first-order chi connectivity index (χ1) is 9.72. The third-order valence-electron chi connectivity index (χ3n) is 3.71. The van der Waals surface area contributed by atoms with Crippen molar-refractivity contribution in [1.82, 2.24) is 10.3 Å². The van der Waals surface area contributed by atoms with Crippen LogP contribution in [0.5, 0.6) is 0 Å². The van der Waals surface area contributed by atoms with Crippen molar-refractivity contribution < 1.29 is 4.92 Å². The Hall–Kier alpha value is -1.69. The smallest absolute Gasteiger partial charge is 0.364 e. The molecule has 1 aliphatic heterocycles. The summed E-state index contributed by atoms with van der Waals surface area (Å²) in [5.74, 6) is 0.567. The molecule has 0 atom stereocenters. The van der Waals surface area contributed by atoms with Gasteiger partial charge in [0.15, 0.2) is 0 Å². The molecular weight excluding hydrogens is 256 g/mol. The summed E-state index contributed by atoms with van der Waals surface area (Å²) in [4.78, 5) is 16.8. The lowest BCUT2D eigenvalue weighted by atomic mass is 9.97. The highest BCUT2D eigenvalue weighted by molar-refractivity contribution is 5.58. The van der Waals surface area contributed by atoms with E-state index in [0.29, 0.717) is 11.6 Å². The van der Waals surface area contributed by atoms with Crippen LogP contribution in [0.2, 0.25) is 0 Å². The second kappa shape index (κ2) is 7.19. The molecule has 1 fully saturated rings. The van der Waals surface area contributed by atoms with Gasteiger partial charge < -0.3 is 20.3 Å². The number of nitrogens with one attached hydrogen (secondary N) is 1. The number of pyridine rings is 1. The van der Waals surface area contributed by atoms with Crippen molar-refractivity contribution in [1.29, 1.82) is 0 Å². The van der Waals surface area contributed by atoms with Crippen LogP contribution in [-0.4, -0.2) is 36.1 Å². The predicted octanol–water partition coefficient (Wildman–Crippen LogP) is 2.21. The van der Waals surface area contributed by atoms with E-state index in [1.54, 1.807) is 6.07 Å². The maximum absolute atomic E-state index is 11.1. The minimum absolute atomic E-state index is 0.0325. The average molecular weight is 278 g/mol. The van der Waals surface area contributed by atoms with E-state index in [1.165, 1.54) is 6.20 Å². The van der Waals surface area contributed by atoms with Gasteiger partial charge in [-0.25, -0.2) is 0 Å². The van der Waals surface area contributed by atoms with Crippen LogP contribution in [0.15, 0.2) is 18.3 Å². The zero-order chi connectivity index (χ0) is 14.4. The van der Waals surface area contributed by atoms with Gasteiger partial charge in [-0.05, 0) is 60.3 Å². The van der Waals surface area contributed by atoms with E-state index >= 15 is 0 Å². The molecule has 0 unspecified atom stereocenters. The molecule has 1 saturated heterocycles. The summed E-state index contributed by atoms with van der Waals surface area (Å²) < 4.78 is 0. The average Bonchev–Trinajstić information content (AvgIpc) is 2.48. The Labute approximate surface area is 119 Å². The molecule has 0 bridgehead atoms. The van der Waals surface area contributed by atoms with Crippen molar-refractivity contribution in [2.75, 3.05) is 31.1 Å². The molecule has 0 aromatic carbocycles. The molecule has 110 valence electrons. The summed E-state index contributed by atoms with van der Waals surface area (Å²) in [7, 11) is 0. The van der Waals surface area contributed by atoms with Crippen molar-refractivity contribution in [3.05, 3.63) is 28.4 Å². The van der Waals surface area contributed by atoms with Gasteiger partial charge in [0.25, 0.3) is 0 Å². The second-order valence-electron chi connectivity index (χ2n) is 5.24. The van der Waals surface area contributed by atoms with Gasteiger partial charge in [-0.1, -0.05) is 6.92 Å². The minimum atomic E-state index is -0.388. The Morgan fingerprint density at radius 1 is 1.50 bits per heavy atom. The van der Waals surface area contributed by atoms with E-state index in [0.717, 1.165) is 45.4 Å². The molecule has 0 saturated carbocycles. The number of hydrogen-bond donors (Lipinski definition) is 1. The Morgan fingerprint density at radius 2 is 2.25 bits per heavy atom. The third-order valence-corrected chi connectivity index (χ3v) is 3.71. The van der Waals surface area contributed by atoms with E-state index in [4.69, 9.17) is 0 Å². The standard InChI is InChI=1S/C14H22N4O2/c1-2-10-17(11-12-5-8-15-9-6-12)13-4-3-7-16-14(13)18(19)20/h3-4,7,12,15H,2,5-6,8-11H2,1H3. The molecule has 2 rings (SSSR count). The van der Waals surface area contributed by atoms with Gasteiger partial charge in [-0.3, -0.25) is 0 Å². The lowest BCUT2D eigenvalue weighted by molar-refractivity contribution is -0.388. The highest BCUT2D eigenvalue weighted by Gasteiger charge is 2.23. The second-order valence-corrected chi connectivity index (χ2v) is 5.24. The van der Waals surface area contributed by atoms with Crippen LogP contribution in [0.25, 0.3) is 0 Å². The van der Waals surface area contributed by atoms with Gasteiger partial charge in [-0.2, -0.15) is 0 Å². The number of nitro groups is 1. The van der Waals surface area contributed by atoms with Crippen LogP contribution >= 0.6 is 0 Å². The summed E-state index contributed by atoms with van der Waals surface area (Å²) in [6.45, 7) is 5.88. The number of aromatic nitrogens is 1. The van der Waals surface area contributed by atoms with Crippen LogP contribution in [0.3, 0.4) is 0 Å². The van der Waals surface area contributed by atoms with Gasteiger partial charge >= 0.3 is 5.82 Å². The Morgan fingerprint density at radius 3 is 2.90 bits per heavy atom. The van der Waals surface area contributed by atoms with E-state index in [-0.39, 0.29) is 10.7 Å². The number of hydrogen-bond acceptors (Lipinski definition) is 5. The van der Waals surface area contributed by atoms with Gasteiger partial charge in [0, 0.05) is 13.1 Å². The van der Waals surface area contributed by atoms with Crippen molar-refractivity contribution >= 4 is 11.5 Å². The Kier molecular flexibility index (Phi) is 5.29. The summed E-state index contributed by atoms with van der Waals surface area (Å²) >= 11 is 0. The summed E-state index contributed by atoms with van der Waals surface area (Å²) in [6.07, 6.45) is 4.72. The lowest BCUT2D eigenvalue weighted by Gasteiger charge is -2.30. The first-order valence-electron chi connectivity index (χ1n) is 7.27. The van der Waals surface area contributed by atoms with Gasteiger partial charge in [0.05, 0.1) is 0 Å². The molecule has 0 amide bonds. The van der Waals surface area contributed by atoms with Crippen LogP contribution in [-0.2, 0) is 0 Å². The highest BCUT2D eigenvalue weighted by atomic mass is 16.6.